The first-order valence-corrected chi connectivity index (χ1v) is 7.03. The van der Waals surface area contributed by atoms with Gasteiger partial charge in [-0.15, -0.1) is 0 Å². The molecule has 0 radical (unpaired) electrons. The Morgan fingerprint density at radius 3 is 2.56 bits per heavy atom. The number of carbonyl (C=O) groups excluding carboxylic acids is 1. The number of hydrogen-bond donors (Lipinski definition) is 3. The van der Waals surface area contributed by atoms with Crippen molar-refractivity contribution in [3.8, 4) is 0 Å². The molecule has 0 aliphatic rings. The molecule has 0 fully saturated rings. The van der Waals surface area contributed by atoms with Crippen LogP contribution < -0.4 is 15.8 Å². The summed E-state index contributed by atoms with van der Waals surface area (Å²) in [5.74, 6) is -0.425. The van der Waals surface area contributed by atoms with Gasteiger partial charge in [-0.05, 0) is 13.0 Å². The molecule has 0 bridgehead atoms. The molecule has 0 rings (SSSR count). The number of sulfonamides is 1. The summed E-state index contributed by atoms with van der Waals surface area (Å²) in [4.78, 5) is 11.4. The van der Waals surface area contributed by atoms with Crippen LogP contribution in [0.1, 0.15) is 20.3 Å². The summed E-state index contributed by atoms with van der Waals surface area (Å²) in [6, 6.07) is 0. The Morgan fingerprint density at radius 1 is 1.44 bits per heavy atom. The summed E-state index contributed by atoms with van der Waals surface area (Å²) in [6.07, 6.45) is 0.603. The minimum Gasteiger partial charge on any atom is -0.355 e. The Morgan fingerprint density at radius 2 is 2.06 bits per heavy atom. The average Bonchev–Trinajstić information content (AvgIpc) is 2.17. The molecule has 4 N–H and O–H groups in total. The molecular weight excluding hydrogens is 230 g/mol. The molecule has 0 saturated carbocycles. The summed E-state index contributed by atoms with van der Waals surface area (Å²) in [7, 11) is -3.25. The highest BCUT2D eigenvalue weighted by molar-refractivity contribution is 7.89. The van der Waals surface area contributed by atoms with Crippen LogP contribution in [0.2, 0.25) is 0 Å². The Balaban J connectivity index is 3.86. The molecule has 6 nitrogen and oxygen atoms in total. The first-order valence-electron chi connectivity index (χ1n) is 5.38. The fourth-order valence-electron chi connectivity index (χ4n) is 1.16. The van der Waals surface area contributed by atoms with E-state index in [2.05, 4.69) is 10.0 Å². The van der Waals surface area contributed by atoms with Crippen molar-refractivity contribution in [3.05, 3.63) is 0 Å². The van der Waals surface area contributed by atoms with Crippen LogP contribution in [0.3, 0.4) is 0 Å². The number of nitrogens with one attached hydrogen (secondary N) is 2. The maximum absolute atomic E-state index is 11.4. The Hall–Kier alpha value is -0.660. The van der Waals surface area contributed by atoms with Crippen LogP contribution in [0, 0.1) is 5.92 Å². The normalized spacial score (nSPS) is 13.4. The van der Waals surface area contributed by atoms with Gasteiger partial charge in [0.1, 0.15) is 0 Å². The van der Waals surface area contributed by atoms with Gasteiger partial charge in [0.2, 0.25) is 15.9 Å². The highest BCUT2D eigenvalue weighted by Crippen LogP contribution is 1.98. The fraction of sp³-hybridized carbons (Fsp3) is 0.889. The van der Waals surface area contributed by atoms with E-state index in [4.69, 9.17) is 5.73 Å². The van der Waals surface area contributed by atoms with E-state index in [0.717, 1.165) is 0 Å². The second-order valence-corrected chi connectivity index (χ2v) is 5.51. The van der Waals surface area contributed by atoms with Gasteiger partial charge in [0.15, 0.2) is 0 Å². The quantitative estimate of drug-likeness (QED) is 0.516. The molecule has 1 atom stereocenters. The molecule has 0 spiro atoms. The van der Waals surface area contributed by atoms with Crippen molar-refractivity contribution in [2.75, 3.05) is 25.4 Å². The Kier molecular flexibility index (Phi) is 7.27. The van der Waals surface area contributed by atoms with Crippen molar-refractivity contribution in [1.29, 1.82) is 0 Å². The van der Waals surface area contributed by atoms with Crippen LogP contribution >= 0.6 is 0 Å². The van der Waals surface area contributed by atoms with Gasteiger partial charge < -0.3 is 11.1 Å². The summed E-state index contributed by atoms with van der Waals surface area (Å²) >= 11 is 0. The highest BCUT2D eigenvalue weighted by Gasteiger charge is 2.13. The maximum Gasteiger partial charge on any atom is 0.222 e. The van der Waals surface area contributed by atoms with Crippen LogP contribution in [0.4, 0.5) is 0 Å². The molecule has 0 aromatic rings. The smallest absolute Gasteiger partial charge is 0.222 e. The van der Waals surface area contributed by atoms with Crippen molar-refractivity contribution in [2.45, 2.75) is 20.3 Å². The van der Waals surface area contributed by atoms with Gasteiger partial charge in [-0.2, -0.15) is 0 Å². The standard InChI is InChI=1S/C9H21N3O3S/c1-3-12-16(14,15)7-6-11-9(13)8(2)4-5-10/h8,12H,3-7,10H2,1-2H3,(H,11,13). The zero-order valence-electron chi connectivity index (χ0n) is 9.82. The predicted molar refractivity (Wildman–Crippen MR) is 63.3 cm³/mol. The highest BCUT2D eigenvalue weighted by atomic mass is 32.2. The first kappa shape index (κ1) is 15.3. The van der Waals surface area contributed by atoms with E-state index < -0.39 is 10.0 Å². The Bertz CT molecular complexity index is 303. The van der Waals surface area contributed by atoms with E-state index >= 15 is 0 Å². The summed E-state index contributed by atoms with van der Waals surface area (Å²) < 4.78 is 24.8. The van der Waals surface area contributed by atoms with E-state index in [1.807, 2.05) is 0 Å². The van der Waals surface area contributed by atoms with Gasteiger partial charge in [-0.3, -0.25) is 4.79 Å². The Labute approximate surface area is 97.0 Å². The number of nitrogens with two attached hydrogens (primary N) is 1. The van der Waals surface area contributed by atoms with Gasteiger partial charge in [0.05, 0.1) is 5.75 Å². The van der Waals surface area contributed by atoms with E-state index in [0.29, 0.717) is 19.5 Å². The molecule has 1 amide bonds. The number of amides is 1. The third kappa shape index (κ3) is 6.76. The van der Waals surface area contributed by atoms with E-state index in [1.54, 1.807) is 13.8 Å². The average molecular weight is 251 g/mol. The topological polar surface area (TPSA) is 101 Å². The van der Waals surface area contributed by atoms with Crippen molar-refractivity contribution in [2.24, 2.45) is 11.7 Å². The zero-order chi connectivity index (χ0) is 12.6. The van der Waals surface area contributed by atoms with Crippen LogP contribution in [0.5, 0.6) is 0 Å². The SMILES string of the molecule is CCNS(=O)(=O)CCNC(=O)C(C)CCN. The van der Waals surface area contributed by atoms with Crippen molar-refractivity contribution >= 4 is 15.9 Å². The van der Waals surface area contributed by atoms with Crippen molar-refractivity contribution in [1.82, 2.24) is 10.0 Å². The van der Waals surface area contributed by atoms with Crippen LogP contribution in [0.25, 0.3) is 0 Å². The molecule has 0 aromatic carbocycles. The predicted octanol–water partition coefficient (Wildman–Crippen LogP) is -0.973. The van der Waals surface area contributed by atoms with Gasteiger partial charge in [0.25, 0.3) is 0 Å². The van der Waals surface area contributed by atoms with Gasteiger partial charge in [0, 0.05) is 19.0 Å². The lowest BCUT2D eigenvalue weighted by molar-refractivity contribution is -0.124. The molecule has 7 heteroatoms. The number of hydrogen-bond acceptors (Lipinski definition) is 4. The minimum atomic E-state index is -3.25. The maximum atomic E-state index is 11.4. The van der Waals surface area contributed by atoms with Gasteiger partial charge in [-0.25, -0.2) is 13.1 Å². The van der Waals surface area contributed by atoms with E-state index in [1.165, 1.54) is 0 Å². The molecule has 0 aliphatic carbocycles. The van der Waals surface area contributed by atoms with Crippen molar-refractivity contribution in [3.63, 3.8) is 0 Å². The molecule has 0 saturated heterocycles. The first-order chi connectivity index (χ1) is 7.43. The molecule has 16 heavy (non-hydrogen) atoms. The molecule has 1 unspecified atom stereocenters. The van der Waals surface area contributed by atoms with E-state index in [-0.39, 0.29) is 24.1 Å². The van der Waals surface area contributed by atoms with Crippen LogP contribution in [-0.2, 0) is 14.8 Å². The molecule has 0 aromatic heterocycles. The lowest BCUT2D eigenvalue weighted by Gasteiger charge is -2.11. The molecular formula is C9H21N3O3S. The molecule has 96 valence electrons. The largest absolute Gasteiger partial charge is 0.355 e. The third-order valence-electron chi connectivity index (χ3n) is 2.08. The monoisotopic (exact) mass is 251 g/mol. The second kappa shape index (κ2) is 7.59. The summed E-state index contributed by atoms with van der Waals surface area (Å²) in [6.45, 7) is 4.41. The number of rotatable bonds is 8. The fourth-order valence-corrected chi connectivity index (χ4v) is 2.11. The summed E-state index contributed by atoms with van der Waals surface area (Å²) in [5, 5.41) is 2.57. The van der Waals surface area contributed by atoms with Gasteiger partial charge in [-0.1, -0.05) is 13.8 Å². The zero-order valence-corrected chi connectivity index (χ0v) is 10.6. The van der Waals surface area contributed by atoms with Crippen LogP contribution in [0.15, 0.2) is 0 Å². The summed E-state index contributed by atoms with van der Waals surface area (Å²) in [5.41, 5.74) is 5.32. The third-order valence-corrected chi connectivity index (χ3v) is 3.55. The number of carbonyl (C=O) groups is 1. The second-order valence-electron chi connectivity index (χ2n) is 3.59. The molecule has 0 aliphatic heterocycles. The minimum absolute atomic E-state index is 0.0953. The van der Waals surface area contributed by atoms with Gasteiger partial charge >= 0.3 is 0 Å². The molecule has 0 heterocycles. The lowest BCUT2D eigenvalue weighted by atomic mass is 10.1. The van der Waals surface area contributed by atoms with Crippen molar-refractivity contribution < 1.29 is 13.2 Å². The van der Waals surface area contributed by atoms with Crippen LogP contribution in [-0.4, -0.2) is 39.7 Å². The van der Waals surface area contributed by atoms with E-state index in [9.17, 15) is 13.2 Å². The lowest BCUT2D eigenvalue weighted by Crippen LogP contribution is -2.36.